The summed E-state index contributed by atoms with van der Waals surface area (Å²) in [6.07, 6.45) is 0. The van der Waals surface area contributed by atoms with E-state index in [2.05, 4.69) is 25.8 Å². The second kappa shape index (κ2) is 7.76. The van der Waals surface area contributed by atoms with Crippen molar-refractivity contribution >= 4 is 40.1 Å². The smallest absolute Gasteiger partial charge is 0.267 e. The average Bonchev–Trinajstić information content (AvgIpc) is 3.28. The van der Waals surface area contributed by atoms with E-state index in [1.54, 1.807) is 19.9 Å². The lowest BCUT2D eigenvalue weighted by atomic mass is 10.1. The van der Waals surface area contributed by atoms with Crippen molar-refractivity contribution in [3.63, 3.8) is 0 Å². The molecule has 31 heavy (non-hydrogen) atoms. The topological polar surface area (TPSA) is 142 Å². The van der Waals surface area contributed by atoms with E-state index in [1.165, 1.54) is 16.8 Å². The zero-order valence-electron chi connectivity index (χ0n) is 16.3. The minimum Gasteiger partial charge on any atom is -0.364 e. The van der Waals surface area contributed by atoms with Crippen molar-refractivity contribution in [2.45, 2.75) is 20.4 Å². The summed E-state index contributed by atoms with van der Waals surface area (Å²) in [6, 6.07) is 5.26. The summed E-state index contributed by atoms with van der Waals surface area (Å²) in [6.45, 7) is 3.78. The van der Waals surface area contributed by atoms with Gasteiger partial charge in [0.05, 0.1) is 27.5 Å². The van der Waals surface area contributed by atoms with Gasteiger partial charge in [-0.3, -0.25) is 9.59 Å². The van der Waals surface area contributed by atoms with Gasteiger partial charge >= 0.3 is 0 Å². The first kappa shape index (κ1) is 20.4. The zero-order chi connectivity index (χ0) is 22.3. The van der Waals surface area contributed by atoms with Gasteiger partial charge in [0.1, 0.15) is 18.1 Å². The highest BCUT2D eigenvalue weighted by Gasteiger charge is 2.20. The van der Waals surface area contributed by atoms with Gasteiger partial charge in [-0.25, -0.2) is 14.1 Å². The Bertz CT molecular complexity index is 1350. The molecule has 158 valence electrons. The summed E-state index contributed by atoms with van der Waals surface area (Å²) >= 11 is 5.87. The molecule has 3 heterocycles. The number of primary amides is 1. The fourth-order valence-corrected chi connectivity index (χ4v) is 3.14. The molecule has 10 nitrogen and oxygen atoms in total. The van der Waals surface area contributed by atoms with Crippen LogP contribution in [0.2, 0.25) is 5.02 Å². The molecule has 12 heteroatoms. The second-order valence-corrected chi connectivity index (χ2v) is 7.18. The molecule has 0 aliphatic heterocycles. The minimum atomic E-state index is -0.865. The molecule has 0 aliphatic rings. The van der Waals surface area contributed by atoms with Crippen LogP contribution in [-0.4, -0.2) is 36.9 Å². The van der Waals surface area contributed by atoms with Crippen molar-refractivity contribution < 1.29 is 18.5 Å². The third-order valence-electron chi connectivity index (χ3n) is 4.54. The van der Waals surface area contributed by atoms with Gasteiger partial charge in [0, 0.05) is 17.5 Å². The highest BCUT2D eigenvalue weighted by atomic mass is 35.5. The Kier molecular flexibility index (Phi) is 5.11. The van der Waals surface area contributed by atoms with Gasteiger partial charge in [-0.1, -0.05) is 22.0 Å². The summed E-state index contributed by atoms with van der Waals surface area (Å²) in [4.78, 5) is 28.6. The number of pyridine rings is 1. The maximum absolute atomic E-state index is 13.9. The molecule has 0 radical (unpaired) electrons. The number of benzene rings is 1. The van der Waals surface area contributed by atoms with Crippen molar-refractivity contribution in [2.24, 2.45) is 5.73 Å². The van der Waals surface area contributed by atoms with Gasteiger partial charge in [0.2, 0.25) is 0 Å². The third kappa shape index (κ3) is 3.94. The van der Waals surface area contributed by atoms with Gasteiger partial charge in [-0.05, 0) is 26.0 Å². The fraction of sp³-hybridized carbons (Fsp3) is 0.158. The maximum Gasteiger partial charge on any atom is 0.267 e. The van der Waals surface area contributed by atoms with Crippen LogP contribution in [0.15, 0.2) is 28.8 Å². The Hall–Kier alpha value is -3.86. The van der Waals surface area contributed by atoms with Gasteiger partial charge in [-0.15, -0.1) is 5.10 Å². The van der Waals surface area contributed by atoms with Crippen molar-refractivity contribution in [3.8, 4) is 0 Å². The Morgan fingerprint density at radius 3 is 2.71 bits per heavy atom. The van der Waals surface area contributed by atoms with E-state index in [0.717, 1.165) is 11.8 Å². The van der Waals surface area contributed by atoms with E-state index < -0.39 is 17.6 Å². The zero-order valence-corrected chi connectivity index (χ0v) is 17.1. The number of hydrogen-bond acceptors (Lipinski definition) is 7. The lowest BCUT2D eigenvalue weighted by Gasteiger charge is -2.09. The van der Waals surface area contributed by atoms with E-state index in [-0.39, 0.29) is 39.5 Å². The Morgan fingerprint density at radius 1 is 1.26 bits per heavy atom. The van der Waals surface area contributed by atoms with Crippen LogP contribution in [0.25, 0.3) is 10.9 Å². The normalized spacial score (nSPS) is 11.1. The highest BCUT2D eigenvalue weighted by Crippen LogP contribution is 2.26. The summed E-state index contributed by atoms with van der Waals surface area (Å²) in [5.41, 5.74) is 6.48. The van der Waals surface area contributed by atoms with Crippen molar-refractivity contribution in [1.29, 1.82) is 0 Å². The van der Waals surface area contributed by atoms with E-state index in [0.29, 0.717) is 11.5 Å². The van der Waals surface area contributed by atoms with Crippen LogP contribution in [0.4, 0.5) is 10.2 Å². The van der Waals surface area contributed by atoms with E-state index >= 15 is 0 Å². The molecule has 0 saturated carbocycles. The van der Waals surface area contributed by atoms with Crippen molar-refractivity contribution in [2.75, 3.05) is 5.32 Å². The first-order chi connectivity index (χ1) is 14.7. The quantitative estimate of drug-likeness (QED) is 0.482. The van der Waals surface area contributed by atoms with E-state index in [4.69, 9.17) is 21.9 Å². The molecule has 4 rings (SSSR count). The number of aromatic nitrogens is 5. The van der Waals surface area contributed by atoms with Gasteiger partial charge in [0.25, 0.3) is 11.8 Å². The number of halogens is 2. The summed E-state index contributed by atoms with van der Waals surface area (Å²) in [5, 5.41) is 14.5. The number of nitrogens with one attached hydrogen (secondary N) is 1. The number of nitrogens with two attached hydrogens (primary N) is 1. The standard InChI is InChI=1S/C19H15ClFN7O3/c1-8-3-10(31-26-8)7-28-9(2)18(25-27-28)24-19(30)12-5-16(17(22)29)23-15-6-14(21)13(20)4-11(12)15/h3-6H,7H2,1-2H3,(H2,22,29)(H,24,30). The lowest BCUT2D eigenvalue weighted by Crippen LogP contribution is -2.18. The molecule has 0 unspecified atom stereocenters. The molecular formula is C19H15ClFN7O3. The fourth-order valence-electron chi connectivity index (χ4n) is 2.97. The van der Waals surface area contributed by atoms with Crippen LogP contribution >= 0.6 is 11.6 Å². The first-order valence-corrected chi connectivity index (χ1v) is 9.34. The minimum absolute atomic E-state index is 0.0282. The largest absolute Gasteiger partial charge is 0.364 e. The Morgan fingerprint density at radius 2 is 2.03 bits per heavy atom. The van der Waals surface area contributed by atoms with Crippen LogP contribution in [0.1, 0.15) is 38.0 Å². The molecule has 0 fully saturated rings. The summed E-state index contributed by atoms with van der Waals surface area (Å²) < 4.78 is 20.6. The van der Waals surface area contributed by atoms with Gasteiger partial charge in [0.15, 0.2) is 11.6 Å². The number of carbonyl (C=O) groups is 2. The van der Waals surface area contributed by atoms with Crippen LogP contribution in [-0.2, 0) is 6.54 Å². The van der Waals surface area contributed by atoms with Crippen molar-refractivity contribution in [1.82, 2.24) is 25.1 Å². The summed E-state index contributed by atoms with van der Waals surface area (Å²) in [5.74, 6) is -1.46. The number of hydrogen-bond donors (Lipinski definition) is 2. The second-order valence-electron chi connectivity index (χ2n) is 6.77. The lowest BCUT2D eigenvalue weighted by molar-refractivity contribution is 0.0996. The predicted octanol–water partition coefficient (Wildman–Crippen LogP) is 2.62. The number of rotatable bonds is 5. The molecule has 0 spiro atoms. The number of carbonyl (C=O) groups excluding carboxylic acids is 2. The first-order valence-electron chi connectivity index (χ1n) is 8.96. The molecule has 0 atom stereocenters. The average molecular weight is 444 g/mol. The molecule has 0 aliphatic carbocycles. The Balaban J connectivity index is 1.68. The van der Waals surface area contributed by atoms with Crippen LogP contribution < -0.4 is 11.1 Å². The molecule has 3 aromatic heterocycles. The molecule has 1 aromatic carbocycles. The number of amides is 2. The van der Waals surface area contributed by atoms with Crippen LogP contribution in [0.3, 0.4) is 0 Å². The molecule has 0 bridgehead atoms. The predicted molar refractivity (Wildman–Crippen MR) is 108 cm³/mol. The molecule has 0 saturated heterocycles. The number of anilines is 1. The number of nitrogens with zero attached hydrogens (tertiary/aromatic N) is 5. The third-order valence-corrected chi connectivity index (χ3v) is 4.83. The van der Waals surface area contributed by atoms with Gasteiger partial charge < -0.3 is 15.6 Å². The highest BCUT2D eigenvalue weighted by molar-refractivity contribution is 6.31. The van der Waals surface area contributed by atoms with Crippen LogP contribution in [0, 0.1) is 19.7 Å². The van der Waals surface area contributed by atoms with E-state index in [1.807, 2.05) is 0 Å². The monoisotopic (exact) mass is 443 g/mol. The van der Waals surface area contributed by atoms with Crippen LogP contribution in [0.5, 0.6) is 0 Å². The molecule has 3 N–H and O–H groups in total. The number of fused-ring (bicyclic) bond motifs is 1. The maximum atomic E-state index is 13.9. The molecule has 2 amide bonds. The summed E-state index contributed by atoms with van der Waals surface area (Å²) in [7, 11) is 0. The van der Waals surface area contributed by atoms with Crippen molar-refractivity contribution in [3.05, 3.63) is 63.5 Å². The molecular weight excluding hydrogens is 429 g/mol. The van der Waals surface area contributed by atoms with E-state index in [9.17, 15) is 14.0 Å². The number of aryl methyl sites for hydroxylation is 1. The van der Waals surface area contributed by atoms with Gasteiger partial charge in [-0.2, -0.15) is 0 Å². The Labute approximate surface area is 179 Å². The molecule has 4 aromatic rings. The SMILES string of the molecule is Cc1cc(Cn2nnc(NC(=O)c3cc(C(N)=O)nc4cc(F)c(Cl)cc34)c2C)on1.